The largest absolute Gasteiger partial charge is 0.384 e. The fourth-order valence-electron chi connectivity index (χ4n) is 1.62. The summed E-state index contributed by atoms with van der Waals surface area (Å²) in [7, 11) is 0. The van der Waals surface area contributed by atoms with E-state index in [4.69, 9.17) is 5.11 Å². The average Bonchev–Trinajstić information content (AvgIpc) is 2.84. The van der Waals surface area contributed by atoms with E-state index in [-0.39, 0.29) is 12.5 Å². The normalized spacial score (nSPS) is 9.75. The molecule has 102 valence electrons. The third kappa shape index (κ3) is 3.20. The number of carbonyl (C=O) groups excluding carboxylic acids is 1. The maximum absolute atomic E-state index is 12.2. The van der Waals surface area contributed by atoms with Crippen LogP contribution in [0.2, 0.25) is 0 Å². The van der Waals surface area contributed by atoms with Crippen LogP contribution in [-0.2, 0) is 0 Å². The van der Waals surface area contributed by atoms with E-state index < -0.39 is 0 Å². The van der Waals surface area contributed by atoms with Gasteiger partial charge >= 0.3 is 0 Å². The number of hydrogen-bond acceptors (Lipinski definition) is 5. The Hall–Kier alpha value is -2.23. The minimum absolute atomic E-state index is 0.223. The maximum atomic E-state index is 12.2. The van der Waals surface area contributed by atoms with Crippen molar-refractivity contribution in [1.82, 2.24) is 9.59 Å². The van der Waals surface area contributed by atoms with Crippen LogP contribution in [0.1, 0.15) is 26.5 Å². The third-order valence-electron chi connectivity index (χ3n) is 2.58. The number of rotatable bonds is 2. The molecule has 1 aromatic carbocycles. The molecule has 5 nitrogen and oxygen atoms in total. The molecule has 0 unspecified atom stereocenters. The van der Waals surface area contributed by atoms with Gasteiger partial charge in [0, 0.05) is 5.56 Å². The van der Waals surface area contributed by atoms with Gasteiger partial charge in [0.1, 0.15) is 11.5 Å². The lowest BCUT2D eigenvalue weighted by molar-refractivity contribution is 0.103. The van der Waals surface area contributed by atoms with Gasteiger partial charge in [-0.3, -0.25) is 4.79 Å². The first-order chi connectivity index (χ1) is 9.61. The lowest BCUT2D eigenvalue weighted by Crippen LogP contribution is -2.12. The van der Waals surface area contributed by atoms with Crippen LogP contribution in [0.5, 0.6) is 0 Å². The van der Waals surface area contributed by atoms with Gasteiger partial charge in [-0.05, 0) is 43.1 Å². The van der Waals surface area contributed by atoms with Gasteiger partial charge in [-0.1, -0.05) is 22.4 Å². The van der Waals surface area contributed by atoms with E-state index in [0.717, 1.165) is 17.1 Å². The topological polar surface area (TPSA) is 75.1 Å². The second kappa shape index (κ2) is 6.28. The van der Waals surface area contributed by atoms with Crippen LogP contribution in [-0.4, -0.2) is 27.2 Å². The van der Waals surface area contributed by atoms with Gasteiger partial charge in [0.05, 0.1) is 11.4 Å². The molecule has 0 aliphatic rings. The monoisotopic (exact) mass is 287 g/mol. The molecular formula is C14H13N3O2S. The van der Waals surface area contributed by atoms with Crippen molar-refractivity contribution < 1.29 is 9.90 Å². The number of aliphatic hydroxyl groups excluding tert-OH is 1. The maximum Gasteiger partial charge on any atom is 0.269 e. The number of carbonyl (C=O) groups is 1. The highest BCUT2D eigenvalue weighted by atomic mass is 32.1. The van der Waals surface area contributed by atoms with E-state index in [1.54, 1.807) is 6.92 Å². The summed E-state index contributed by atoms with van der Waals surface area (Å²) in [5.41, 5.74) is 2.88. The minimum atomic E-state index is -0.254. The van der Waals surface area contributed by atoms with Crippen LogP contribution >= 0.6 is 11.5 Å². The molecular weight excluding hydrogens is 274 g/mol. The van der Waals surface area contributed by atoms with Crippen LogP contribution in [0.3, 0.4) is 0 Å². The Kier molecular flexibility index (Phi) is 4.45. The van der Waals surface area contributed by atoms with Crippen molar-refractivity contribution in [1.29, 1.82) is 0 Å². The lowest BCUT2D eigenvalue weighted by atomic mass is 10.1. The van der Waals surface area contributed by atoms with Gasteiger partial charge in [0.15, 0.2) is 0 Å². The predicted molar refractivity (Wildman–Crippen MR) is 77.7 cm³/mol. The molecule has 2 aromatic rings. The van der Waals surface area contributed by atoms with Crippen LogP contribution in [0.15, 0.2) is 18.2 Å². The molecule has 0 atom stereocenters. The Labute approximate surface area is 120 Å². The highest BCUT2D eigenvalue weighted by molar-refractivity contribution is 7.08. The van der Waals surface area contributed by atoms with Crippen LogP contribution in [0.25, 0.3) is 0 Å². The number of aromatic nitrogens is 2. The highest BCUT2D eigenvalue weighted by Gasteiger charge is 2.14. The standard InChI is InChI=1S/C14H13N3O2S/c1-9-5-6-11(4-3-7-18)12(8-9)15-14(19)13-10(2)16-17-20-13/h5-6,8,18H,7H2,1-2H3,(H,15,19). The molecule has 0 aliphatic heterocycles. The van der Waals surface area contributed by atoms with E-state index >= 15 is 0 Å². The molecule has 2 rings (SSSR count). The van der Waals surface area contributed by atoms with Crippen molar-refractivity contribution in [2.45, 2.75) is 13.8 Å². The summed E-state index contributed by atoms with van der Waals surface area (Å²) >= 11 is 1.06. The zero-order valence-corrected chi connectivity index (χ0v) is 11.9. The smallest absolute Gasteiger partial charge is 0.269 e. The number of nitrogens with one attached hydrogen (secondary N) is 1. The first kappa shape index (κ1) is 14.2. The molecule has 1 aromatic heterocycles. The van der Waals surface area contributed by atoms with Crippen molar-refractivity contribution in [2.75, 3.05) is 11.9 Å². The number of aryl methyl sites for hydroxylation is 2. The summed E-state index contributed by atoms with van der Waals surface area (Å²) in [4.78, 5) is 12.6. The molecule has 20 heavy (non-hydrogen) atoms. The molecule has 0 fully saturated rings. The predicted octanol–water partition coefficient (Wildman–Crippen LogP) is 1.75. The van der Waals surface area contributed by atoms with Crippen molar-refractivity contribution in [3.63, 3.8) is 0 Å². The number of amides is 1. The molecule has 0 spiro atoms. The molecule has 1 heterocycles. The zero-order valence-electron chi connectivity index (χ0n) is 11.1. The van der Waals surface area contributed by atoms with Crippen LogP contribution in [0, 0.1) is 25.7 Å². The first-order valence-corrected chi connectivity index (χ1v) is 6.70. The second-order valence-corrected chi connectivity index (χ2v) is 4.90. The van der Waals surface area contributed by atoms with E-state index in [1.165, 1.54) is 0 Å². The van der Waals surface area contributed by atoms with E-state index in [1.807, 2.05) is 25.1 Å². The molecule has 0 bridgehead atoms. The number of benzene rings is 1. The Morgan fingerprint density at radius 1 is 1.45 bits per heavy atom. The van der Waals surface area contributed by atoms with Crippen molar-refractivity contribution in [3.8, 4) is 11.8 Å². The first-order valence-electron chi connectivity index (χ1n) is 5.92. The number of nitrogens with zero attached hydrogens (tertiary/aromatic N) is 2. The summed E-state index contributed by atoms with van der Waals surface area (Å²) in [5, 5.41) is 15.4. The minimum Gasteiger partial charge on any atom is -0.384 e. The number of hydrogen-bond donors (Lipinski definition) is 2. The van der Waals surface area contributed by atoms with Crippen molar-refractivity contribution in [2.24, 2.45) is 0 Å². The van der Waals surface area contributed by atoms with Gasteiger partial charge in [-0.25, -0.2) is 0 Å². The van der Waals surface area contributed by atoms with E-state index in [0.29, 0.717) is 21.8 Å². The Morgan fingerprint density at radius 3 is 2.90 bits per heavy atom. The molecule has 0 radical (unpaired) electrons. The number of aliphatic hydroxyl groups is 1. The fraction of sp³-hybridized carbons (Fsp3) is 0.214. The summed E-state index contributed by atoms with van der Waals surface area (Å²) in [6.07, 6.45) is 0. The van der Waals surface area contributed by atoms with Gasteiger partial charge in [0.25, 0.3) is 5.91 Å². The van der Waals surface area contributed by atoms with Gasteiger partial charge in [-0.15, -0.1) is 5.10 Å². The molecule has 0 aliphatic carbocycles. The SMILES string of the molecule is Cc1ccc(C#CCO)c(NC(=O)c2snnc2C)c1. The lowest BCUT2D eigenvalue weighted by Gasteiger charge is -2.07. The Morgan fingerprint density at radius 2 is 2.25 bits per heavy atom. The van der Waals surface area contributed by atoms with Gasteiger partial charge in [0.2, 0.25) is 0 Å². The molecule has 1 amide bonds. The van der Waals surface area contributed by atoms with E-state index in [9.17, 15) is 4.79 Å². The molecule has 6 heteroatoms. The van der Waals surface area contributed by atoms with Gasteiger partial charge in [-0.2, -0.15) is 0 Å². The third-order valence-corrected chi connectivity index (χ3v) is 3.41. The van der Waals surface area contributed by atoms with E-state index in [2.05, 4.69) is 26.7 Å². The van der Waals surface area contributed by atoms with Crippen molar-refractivity contribution >= 4 is 23.1 Å². The summed E-state index contributed by atoms with van der Waals surface area (Å²) in [5.74, 6) is 5.13. The Balaban J connectivity index is 2.31. The Bertz CT molecular complexity index is 698. The average molecular weight is 287 g/mol. The fourth-order valence-corrected chi connectivity index (χ4v) is 2.18. The zero-order chi connectivity index (χ0) is 14.5. The quantitative estimate of drug-likeness (QED) is 0.825. The second-order valence-electron chi connectivity index (χ2n) is 4.15. The molecule has 0 saturated heterocycles. The van der Waals surface area contributed by atoms with Crippen LogP contribution in [0.4, 0.5) is 5.69 Å². The van der Waals surface area contributed by atoms with Crippen LogP contribution < -0.4 is 5.32 Å². The molecule has 0 saturated carbocycles. The number of anilines is 1. The van der Waals surface area contributed by atoms with Crippen molar-refractivity contribution in [3.05, 3.63) is 39.9 Å². The summed E-state index contributed by atoms with van der Waals surface area (Å²) in [6, 6.07) is 5.55. The van der Waals surface area contributed by atoms with Gasteiger partial charge < -0.3 is 10.4 Å². The summed E-state index contributed by atoms with van der Waals surface area (Å²) in [6.45, 7) is 3.44. The molecule has 2 N–H and O–H groups in total. The highest BCUT2D eigenvalue weighted by Crippen LogP contribution is 2.19. The summed E-state index contributed by atoms with van der Waals surface area (Å²) < 4.78 is 3.74.